The average Bonchev–Trinajstić information content (AvgIpc) is 2.35. The van der Waals surface area contributed by atoms with Crippen LogP contribution in [0.4, 0.5) is 0 Å². The first-order valence-corrected chi connectivity index (χ1v) is 6.58. The second-order valence-electron chi connectivity index (χ2n) is 5.09. The van der Waals surface area contributed by atoms with Crippen LogP contribution in [0.25, 0.3) is 0 Å². The predicted molar refractivity (Wildman–Crippen MR) is 71.8 cm³/mol. The molecule has 0 spiro atoms. The average molecular weight is 233 g/mol. The summed E-state index contributed by atoms with van der Waals surface area (Å²) in [5, 5.41) is 3.60. The van der Waals surface area contributed by atoms with Gasteiger partial charge >= 0.3 is 0 Å². The summed E-state index contributed by atoms with van der Waals surface area (Å²) in [7, 11) is 1.75. The number of methoxy groups -OCH3 is 1. The van der Waals surface area contributed by atoms with E-state index < -0.39 is 0 Å². The first-order valence-electron chi connectivity index (χ1n) is 6.58. The second-order valence-corrected chi connectivity index (χ2v) is 5.09. The smallest absolute Gasteiger partial charge is 0.122 e. The van der Waals surface area contributed by atoms with Gasteiger partial charge in [0, 0.05) is 6.04 Å². The number of aryl methyl sites for hydroxylation is 1. The Hall–Kier alpha value is -1.02. The van der Waals surface area contributed by atoms with Crippen LogP contribution in [0.15, 0.2) is 12.1 Å². The van der Waals surface area contributed by atoms with Crippen molar-refractivity contribution in [1.82, 2.24) is 5.32 Å². The molecule has 1 heterocycles. The lowest BCUT2D eigenvalue weighted by atomic mass is 9.95. The number of hydrogen-bond acceptors (Lipinski definition) is 2. The van der Waals surface area contributed by atoms with Crippen molar-refractivity contribution < 1.29 is 4.74 Å². The number of nitrogens with one attached hydrogen (secondary N) is 1. The molecule has 94 valence electrons. The van der Waals surface area contributed by atoms with Gasteiger partial charge in [-0.15, -0.1) is 0 Å². The van der Waals surface area contributed by atoms with E-state index >= 15 is 0 Å². The van der Waals surface area contributed by atoms with Gasteiger partial charge in [0.05, 0.1) is 7.11 Å². The van der Waals surface area contributed by atoms with Crippen molar-refractivity contribution in [3.8, 4) is 5.75 Å². The van der Waals surface area contributed by atoms with Crippen LogP contribution in [0.3, 0.4) is 0 Å². The lowest BCUT2D eigenvalue weighted by Gasteiger charge is -2.24. The topological polar surface area (TPSA) is 21.3 Å². The SMILES string of the molecule is COc1cc(CC2CCCCN2)cc(C)c1C. The molecule has 1 aliphatic heterocycles. The lowest BCUT2D eigenvalue weighted by molar-refractivity contribution is 0.395. The molecule has 1 fully saturated rings. The monoisotopic (exact) mass is 233 g/mol. The Labute approximate surface area is 104 Å². The van der Waals surface area contributed by atoms with Crippen molar-refractivity contribution in [3.05, 3.63) is 28.8 Å². The van der Waals surface area contributed by atoms with Gasteiger partial charge in [0.1, 0.15) is 5.75 Å². The van der Waals surface area contributed by atoms with Crippen molar-refractivity contribution in [1.29, 1.82) is 0 Å². The van der Waals surface area contributed by atoms with E-state index in [1.807, 2.05) is 0 Å². The molecular formula is C15H23NO. The van der Waals surface area contributed by atoms with Crippen molar-refractivity contribution in [2.45, 2.75) is 45.6 Å². The fourth-order valence-corrected chi connectivity index (χ4v) is 2.61. The Bertz CT molecular complexity index is 381. The van der Waals surface area contributed by atoms with Crippen LogP contribution in [0.5, 0.6) is 5.75 Å². The number of benzene rings is 1. The maximum atomic E-state index is 5.44. The summed E-state index contributed by atoms with van der Waals surface area (Å²) >= 11 is 0. The van der Waals surface area contributed by atoms with Crippen molar-refractivity contribution in [3.63, 3.8) is 0 Å². The molecular weight excluding hydrogens is 210 g/mol. The highest BCUT2D eigenvalue weighted by atomic mass is 16.5. The molecule has 2 rings (SSSR count). The van der Waals surface area contributed by atoms with Gasteiger partial charge in [0.25, 0.3) is 0 Å². The molecule has 0 saturated carbocycles. The number of ether oxygens (including phenoxy) is 1. The molecule has 1 saturated heterocycles. The van der Waals surface area contributed by atoms with Crippen LogP contribution in [0, 0.1) is 13.8 Å². The molecule has 2 nitrogen and oxygen atoms in total. The molecule has 0 amide bonds. The van der Waals surface area contributed by atoms with Gasteiger partial charge in [0.15, 0.2) is 0 Å². The van der Waals surface area contributed by atoms with Crippen LogP contribution in [-0.2, 0) is 6.42 Å². The summed E-state index contributed by atoms with van der Waals surface area (Å²) in [5.74, 6) is 1.02. The molecule has 0 aliphatic carbocycles. The summed E-state index contributed by atoms with van der Waals surface area (Å²) in [6.07, 6.45) is 5.11. The highest BCUT2D eigenvalue weighted by Crippen LogP contribution is 2.24. The maximum absolute atomic E-state index is 5.44. The molecule has 0 radical (unpaired) electrons. The first kappa shape index (κ1) is 12.4. The number of piperidine rings is 1. The van der Waals surface area contributed by atoms with Crippen molar-refractivity contribution in [2.75, 3.05) is 13.7 Å². The molecule has 1 N–H and O–H groups in total. The Morgan fingerprint density at radius 2 is 2.12 bits per heavy atom. The van der Waals surface area contributed by atoms with Crippen molar-refractivity contribution in [2.24, 2.45) is 0 Å². The summed E-state index contributed by atoms with van der Waals surface area (Å²) in [4.78, 5) is 0. The van der Waals surface area contributed by atoms with E-state index in [0.717, 1.165) is 12.2 Å². The zero-order valence-electron chi connectivity index (χ0n) is 11.2. The van der Waals surface area contributed by atoms with Gasteiger partial charge in [0.2, 0.25) is 0 Å². The van der Waals surface area contributed by atoms with Gasteiger partial charge in [-0.3, -0.25) is 0 Å². The third-order valence-electron chi connectivity index (χ3n) is 3.79. The minimum Gasteiger partial charge on any atom is -0.496 e. The van der Waals surface area contributed by atoms with Crippen LogP contribution < -0.4 is 10.1 Å². The van der Waals surface area contributed by atoms with Gasteiger partial charge in [-0.2, -0.15) is 0 Å². The predicted octanol–water partition coefficient (Wildman–Crippen LogP) is 3.00. The molecule has 0 aromatic heterocycles. The molecule has 1 unspecified atom stereocenters. The fraction of sp³-hybridized carbons (Fsp3) is 0.600. The van der Waals surface area contributed by atoms with E-state index in [0.29, 0.717) is 6.04 Å². The largest absolute Gasteiger partial charge is 0.496 e. The standard InChI is InChI=1S/C15H23NO/c1-11-8-13(10-15(17-3)12(11)2)9-14-6-4-5-7-16-14/h8,10,14,16H,4-7,9H2,1-3H3. The Balaban J connectivity index is 2.12. The minimum atomic E-state index is 0.649. The molecule has 17 heavy (non-hydrogen) atoms. The van der Waals surface area contributed by atoms with E-state index in [-0.39, 0.29) is 0 Å². The summed E-state index contributed by atoms with van der Waals surface area (Å²) < 4.78 is 5.44. The molecule has 1 atom stereocenters. The quantitative estimate of drug-likeness (QED) is 0.866. The van der Waals surface area contributed by atoms with E-state index in [1.165, 1.54) is 42.5 Å². The highest BCUT2D eigenvalue weighted by molar-refractivity contribution is 5.42. The van der Waals surface area contributed by atoms with E-state index in [2.05, 4.69) is 31.3 Å². The molecule has 1 aromatic rings. The van der Waals surface area contributed by atoms with Crippen LogP contribution in [0.1, 0.15) is 36.0 Å². The molecule has 1 aromatic carbocycles. The molecule has 1 aliphatic rings. The molecule has 0 bridgehead atoms. The maximum Gasteiger partial charge on any atom is 0.122 e. The third-order valence-corrected chi connectivity index (χ3v) is 3.79. The Morgan fingerprint density at radius 1 is 1.29 bits per heavy atom. The van der Waals surface area contributed by atoms with Gasteiger partial charge in [-0.05, 0) is 62.4 Å². The summed E-state index contributed by atoms with van der Waals surface area (Å²) in [6.45, 7) is 5.46. The normalized spacial score (nSPS) is 20.3. The zero-order valence-corrected chi connectivity index (χ0v) is 11.2. The van der Waals surface area contributed by atoms with Crippen LogP contribution in [0.2, 0.25) is 0 Å². The summed E-state index contributed by atoms with van der Waals surface area (Å²) in [6, 6.07) is 5.14. The second kappa shape index (κ2) is 5.54. The minimum absolute atomic E-state index is 0.649. The Morgan fingerprint density at radius 3 is 2.76 bits per heavy atom. The summed E-state index contributed by atoms with van der Waals surface area (Å²) in [5.41, 5.74) is 3.98. The number of hydrogen-bond donors (Lipinski definition) is 1. The van der Waals surface area contributed by atoms with Gasteiger partial charge in [-0.1, -0.05) is 12.5 Å². The van der Waals surface area contributed by atoms with Gasteiger partial charge < -0.3 is 10.1 Å². The third kappa shape index (κ3) is 3.01. The fourth-order valence-electron chi connectivity index (χ4n) is 2.61. The van der Waals surface area contributed by atoms with E-state index in [4.69, 9.17) is 4.74 Å². The van der Waals surface area contributed by atoms with Gasteiger partial charge in [-0.25, -0.2) is 0 Å². The lowest BCUT2D eigenvalue weighted by Crippen LogP contribution is -2.35. The van der Waals surface area contributed by atoms with Crippen LogP contribution >= 0.6 is 0 Å². The number of rotatable bonds is 3. The zero-order chi connectivity index (χ0) is 12.3. The van der Waals surface area contributed by atoms with Crippen LogP contribution in [-0.4, -0.2) is 19.7 Å². The molecule has 2 heteroatoms. The Kier molecular flexibility index (Phi) is 4.06. The van der Waals surface area contributed by atoms with Crippen molar-refractivity contribution >= 4 is 0 Å². The van der Waals surface area contributed by atoms with E-state index in [9.17, 15) is 0 Å². The highest BCUT2D eigenvalue weighted by Gasteiger charge is 2.14. The van der Waals surface area contributed by atoms with E-state index in [1.54, 1.807) is 7.11 Å². The first-order chi connectivity index (χ1) is 8.20.